The van der Waals surface area contributed by atoms with Gasteiger partial charge in [-0.2, -0.15) is 0 Å². The van der Waals surface area contributed by atoms with E-state index in [1.807, 2.05) is 38.1 Å². The third-order valence-corrected chi connectivity index (χ3v) is 7.31. The van der Waals surface area contributed by atoms with E-state index in [9.17, 15) is 9.90 Å². The minimum Gasteiger partial charge on any atom is -0.396 e. The lowest BCUT2D eigenvalue weighted by molar-refractivity contribution is -0.122. The zero-order valence-corrected chi connectivity index (χ0v) is 22.2. The summed E-state index contributed by atoms with van der Waals surface area (Å²) in [6.45, 7) is 8.39. The first kappa shape index (κ1) is 26.5. The number of halogens is 1. The van der Waals surface area contributed by atoms with Crippen molar-refractivity contribution in [3.8, 4) is 0 Å². The van der Waals surface area contributed by atoms with Gasteiger partial charge in [0.15, 0.2) is 0 Å². The van der Waals surface area contributed by atoms with Gasteiger partial charge in [-0.1, -0.05) is 53.7 Å². The molecule has 0 radical (unpaired) electrons. The van der Waals surface area contributed by atoms with Crippen molar-refractivity contribution in [3.05, 3.63) is 82.1 Å². The van der Waals surface area contributed by atoms with E-state index in [4.69, 9.17) is 11.6 Å². The highest BCUT2D eigenvalue weighted by molar-refractivity contribution is 6.30. The summed E-state index contributed by atoms with van der Waals surface area (Å²) in [4.78, 5) is 17.3. The van der Waals surface area contributed by atoms with Gasteiger partial charge in [0.2, 0.25) is 5.91 Å². The maximum Gasteiger partial charge on any atom is 0.239 e. The second-order valence-corrected chi connectivity index (χ2v) is 10.8. The van der Waals surface area contributed by atoms with Crippen LogP contribution in [0.5, 0.6) is 0 Å². The van der Waals surface area contributed by atoms with Gasteiger partial charge < -0.3 is 20.2 Å². The molecular weight excluding hydrogens is 470 g/mol. The minimum atomic E-state index is 0.00711. The predicted octanol–water partition coefficient (Wildman–Crippen LogP) is 4.71. The fourth-order valence-electron chi connectivity index (χ4n) is 5.16. The summed E-state index contributed by atoms with van der Waals surface area (Å²) in [6, 6.07) is 16.8. The van der Waals surface area contributed by atoms with Crippen LogP contribution < -0.4 is 5.32 Å². The summed E-state index contributed by atoms with van der Waals surface area (Å²) in [6.07, 6.45) is 5.08. The highest BCUT2D eigenvalue weighted by Crippen LogP contribution is 2.30. The summed E-state index contributed by atoms with van der Waals surface area (Å²) >= 11 is 6.28. The van der Waals surface area contributed by atoms with Crippen LogP contribution in [0.2, 0.25) is 5.02 Å². The lowest BCUT2D eigenvalue weighted by Crippen LogP contribution is -2.40. The molecule has 0 saturated carbocycles. The van der Waals surface area contributed by atoms with E-state index in [0.717, 1.165) is 56.7 Å². The van der Waals surface area contributed by atoms with Crippen molar-refractivity contribution in [2.45, 2.75) is 45.1 Å². The molecule has 5 nitrogen and oxygen atoms in total. The molecule has 0 bridgehead atoms. The summed E-state index contributed by atoms with van der Waals surface area (Å²) in [7, 11) is 0. The Hall–Kier alpha value is -2.56. The lowest BCUT2D eigenvalue weighted by Gasteiger charge is -2.29. The van der Waals surface area contributed by atoms with Crippen molar-refractivity contribution in [2.24, 2.45) is 5.92 Å². The van der Waals surface area contributed by atoms with E-state index in [0.29, 0.717) is 17.5 Å². The van der Waals surface area contributed by atoms with Crippen molar-refractivity contribution in [2.75, 3.05) is 39.3 Å². The van der Waals surface area contributed by atoms with Crippen molar-refractivity contribution >= 4 is 23.2 Å². The number of rotatable bonds is 9. The second kappa shape index (κ2) is 12.6. The van der Waals surface area contributed by atoms with Crippen LogP contribution in [0.4, 0.5) is 0 Å². The number of nitrogens with one attached hydrogen (secondary N) is 1. The number of amides is 1. The summed E-state index contributed by atoms with van der Waals surface area (Å²) in [5.74, 6) is 0.707. The normalized spacial score (nSPS) is 20.5. The molecule has 1 amide bonds. The number of aliphatic hydroxyl groups excluding tert-OH is 1. The molecule has 2 unspecified atom stereocenters. The van der Waals surface area contributed by atoms with Gasteiger partial charge in [0.1, 0.15) is 0 Å². The first-order valence-corrected chi connectivity index (χ1v) is 13.5. The molecule has 36 heavy (non-hydrogen) atoms. The lowest BCUT2D eigenvalue weighted by atomic mass is 9.94. The number of hydrogen-bond acceptors (Lipinski definition) is 4. The topological polar surface area (TPSA) is 55.8 Å². The fraction of sp³-hybridized carbons (Fsp3) is 0.467. The van der Waals surface area contributed by atoms with E-state index in [1.165, 1.54) is 11.1 Å². The first-order chi connectivity index (χ1) is 17.4. The maximum atomic E-state index is 12.7. The highest BCUT2D eigenvalue weighted by Gasteiger charge is 2.24. The molecule has 6 heteroatoms. The van der Waals surface area contributed by atoms with E-state index in [1.54, 1.807) is 0 Å². The Morgan fingerprint density at radius 2 is 2.00 bits per heavy atom. The van der Waals surface area contributed by atoms with E-state index < -0.39 is 0 Å². The van der Waals surface area contributed by atoms with Gasteiger partial charge in [-0.3, -0.25) is 4.79 Å². The highest BCUT2D eigenvalue weighted by atomic mass is 35.5. The van der Waals surface area contributed by atoms with E-state index in [2.05, 4.69) is 51.2 Å². The summed E-state index contributed by atoms with van der Waals surface area (Å²) in [5.41, 5.74) is 7.95. The van der Waals surface area contributed by atoms with E-state index >= 15 is 0 Å². The molecule has 192 valence electrons. The first-order valence-electron chi connectivity index (χ1n) is 13.1. The largest absolute Gasteiger partial charge is 0.396 e. The SMILES string of the molecule is CC(C)NC(=O)CN1CC(c2ccc(CCN3CCC(CO)C3)cc2)CC=C=C1c1cccc(Cl)c1. The number of carbonyl (C=O) groups is 1. The average molecular weight is 508 g/mol. The van der Waals surface area contributed by atoms with Gasteiger partial charge in [0, 0.05) is 48.8 Å². The predicted molar refractivity (Wildman–Crippen MR) is 147 cm³/mol. The summed E-state index contributed by atoms with van der Waals surface area (Å²) in [5, 5.41) is 13.1. The minimum absolute atomic E-state index is 0.00711. The van der Waals surface area contributed by atoms with Crippen LogP contribution in [0, 0.1) is 5.92 Å². The average Bonchev–Trinajstić information content (AvgIpc) is 3.22. The number of benzene rings is 2. The molecule has 2 aromatic carbocycles. The summed E-state index contributed by atoms with van der Waals surface area (Å²) < 4.78 is 0. The molecule has 2 N–H and O–H groups in total. The molecule has 0 spiro atoms. The zero-order chi connectivity index (χ0) is 25.5. The standard InChI is InChI=1S/C30H38ClN3O2/c1-22(2)32-30(36)20-34-19-27(6-4-8-29(34)26-5-3-7-28(31)17-26)25-11-9-23(10-12-25)13-15-33-16-14-24(18-33)21-35/h3-5,7,9-12,17,22,24,27,35H,6,13-16,18-21H2,1-2H3,(H,32,36). The molecule has 1 fully saturated rings. The Balaban J connectivity index is 1.45. The van der Waals surface area contributed by atoms with Gasteiger partial charge >= 0.3 is 0 Å². The third kappa shape index (κ3) is 7.24. The van der Waals surface area contributed by atoms with Crippen LogP contribution in [0.25, 0.3) is 5.70 Å². The molecule has 2 aromatic rings. The van der Waals surface area contributed by atoms with Crippen LogP contribution in [0.15, 0.2) is 60.3 Å². The molecule has 2 aliphatic heterocycles. The van der Waals surface area contributed by atoms with Crippen LogP contribution in [-0.4, -0.2) is 66.2 Å². The molecule has 0 aromatic heterocycles. The molecular formula is C30H38ClN3O2. The number of nitrogens with zero attached hydrogens (tertiary/aromatic N) is 2. The number of aliphatic hydroxyl groups is 1. The molecule has 1 saturated heterocycles. The zero-order valence-electron chi connectivity index (χ0n) is 21.4. The Morgan fingerprint density at radius 1 is 1.19 bits per heavy atom. The molecule has 2 aliphatic rings. The fourth-order valence-corrected chi connectivity index (χ4v) is 5.35. The van der Waals surface area contributed by atoms with Crippen LogP contribution in [-0.2, 0) is 11.2 Å². The van der Waals surface area contributed by atoms with Crippen LogP contribution >= 0.6 is 11.6 Å². The maximum absolute atomic E-state index is 12.7. The van der Waals surface area contributed by atoms with Crippen LogP contribution in [0.3, 0.4) is 0 Å². The molecule has 2 heterocycles. The number of allylic oxidation sites excluding steroid dienone is 1. The van der Waals surface area contributed by atoms with Crippen LogP contribution in [0.1, 0.15) is 49.3 Å². The molecule has 2 atom stereocenters. The quantitative estimate of drug-likeness (QED) is 0.483. The van der Waals surface area contributed by atoms with Crippen molar-refractivity contribution in [3.63, 3.8) is 0 Å². The van der Waals surface area contributed by atoms with Crippen molar-refractivity contribution < 1.29 is 9.90 Å². The van der Waals surface area contributed by atoms with E-state index in [-0.39, 0.29) is 24.4 Å². The van der Waals surface area contributed by atoms with Crippen molar-refractivity contribution in [1.82, 2.24) is 15.1 Å². The third-order valence-electron chi connectivity index (χ3n) is 7.08. The Labute approximate surface area is 220 Å². The number of likely N-dealkylation sites (tertiary alicyclic amines) is 1. The second-order valence-electron chi connectivity index (χ2n) is 10.4. The van der Waals surface area contributed by atoms with Gasteiger partial charge in [-0.05, 0) is 74.9 Å². The number of hydrogen-bond donors (Lipinski definition) is 2. The Bertz CT molecular complexity index is 1090. The number of carbonyl (C=O) groups excluding carboxylic acids is 1. The van der Waals surface area contributed by atoms with Gasteiger partial charge in [-0.25, -0.2) is 0 Å². The van der Waals surface area contributed by atoms with Gasteiger partial charge in [0.25, 0.3) is 0 Å². The monoisotopic (exact) mass is 507 g/mol. The molecule has 4 rings (SSSR count). The van der Waals surface area contributed by atoms with Gasteiger partial charge in [-0.15, -0.1) is 0 Å². The Morgan fingerprint density at radius 3 is 2.69 bits per heavy atom. The Kier molecular flexibility index (Phi) is 9.28. The smallest absolute Gasteiger partial charge is 0.239 e. The van der Waals surface area contributed by atoms with Crippen molar-refractivity contribution in [1.29, 1.82) is 0 Å². The molecule has 0 aliphatic carbocycles. The van der Waals surface area contributed by atoms with Gasteiger partial charge in [0.05, 0.1) is 12.2 Å².